The van der Waals surface area contributed by atoms with Crippen molar-refractivity contribution in [2.75, 3.05) is 19.5 Å². The summed E-state index contributed by atoms with van der Waals surface area (Å²) in [6.45, 7) is 1.61. The first kappa shape index (κ1) is 16.2. The molecule has 0 amide bonds. The van der Waals surface area contributed by atoms with Crippen molar-refractivity contribution < 1.29 is 22.8 Å². The molecular weight excluding hydrogens is 288 g/mol. The number of nitrogens with two attached hydrogens (primary N) is 1. The maximum Gasteiger partial charge on any atom is 0.311 e. The number of nitro groups is 1. The number of primary sulfonamides is 1. The van der Waals surface area contributed by atoms with E-state index in [1.165, 1.54) is 25.3 Å². The van der Waals surface area contributed by atoms with E-state index in [9.17, 15) is 18.5 Å². The molecule has 0 saturated heterocycles. The zero-order valence-corrected chi connectivity index (χ0v) is 11.9. The Morgan fingerprint density at radius 3 is 2.60 bits per heavy atom. The standard InChI is InChI=1S/C11H16N2O6S/c1-8(7-20(12,16)17)6-19-11-5-9(18-2)3-4-10(11)13(14)15/h3-5,8H,6-7H2,1-2H3,(H2,12,16,17). The van der Waals surface area contributed by atoms with Crippen LogP contribution in [0.4, 0.5) is 5.69 Å². The van der Waals surface area contributed by atoms with Gasteiger partial charge >= 0.3 is 5.69 Å². The summed E-state index contributed by atoms with van der Waals surface area (Å²) in [4.78, 5) is 10.3. The van der Waals surface area contributed by atoms with Crippen LogP contribution in [0, 0.1) is 16.0 Å². The van der Waals surface area contributed by atoms with Crippen LogP contribution in [-0.2, 0) is 10.0 Å². The molecule has 1 atom stereocenters. The quantitative estimate of drug-likeness (QED) is 0.590. The fourth-order valence-corrected chi connectivity index (χ4v) is 2.45. The monoisotopic (exact) mass is 304 g/mol. The highest BCUT2D eigenvalue weighted by molar-refractivity contribution is 7.89. The van der Waals surface area contributed by atoms with Crippen molar-refractivity contribution in [3.63, 3.8) is 0 Å². The predicted octanol–water partition coefficient (Wildman–Crippen LogP) is 0.907. The van der Waals surface area contributed by atoms with Gasteiger partial charge in [0.25, 0.3) is 0 Å². The number of nitrogens with zero attached hydrogens (tertiary/aromatic N) is 1. The smallest absolute Gasteiger partial charge is 0.311 e. The highest BCUT2D eigenvalue weighted by atomic mass is 32.2. The molecular formula is C11H16N2O6S. The predicted molar refractivity (Wildman–Crippen MR) is 72.3 cm³/mol. The van der Waals surface area contributed by atoms with Crippen molar-refractivity contribution in [1.29, 1.82) is 0 Å². The van der Waals surface area contributed by atoms with Gasteiger partial charge in [-0.3, -0.25) is 10.1 Å². The lowest BCUT2D eigenvalue weighted by atomic mass is 10.2. The first-order valence-electron chi connectivity index (χ1n) is 5.68. The third kappa shape index (κ3) is 5.02. The van der Waals surface area contributed by atoms with E-state index in [-0.39, 0.29) is 23.8 Å². The number of benzene rings is 1. The number of sulfonamides is 1. The van der Waals surface area contributed by atoms with Gasteiger partial charge in [-0.2, -0.15) is 0 Å². The first-order chi connectivity index (χ1) is 9.23. The van der Waals surface area contributed by atoms with Gasteiger partial charge in [-0.05, 0) is 6.07 Å². The molecule has 0 aliphatic heterocycles. The van der Waals surface area contributed by atoms with Gasteiger partial charge < -0.3 is 9.47 Å². The van der Waals surface area contributed by atoms with Gasteiger partial charge in [-0.25, -0.2) is 13.6 Å². The molecule has 0 bridgehead atoms. The van der Waals surface area contributed by atoms with Crippen molar-refractivity contribution in [1.82, 2.24) is 0 Å². The molecule has 1 aromatic rings. The van der Waals surface area contributed by atoms with Crippen molar-refractivity contribution in [2.45, 2.75) is 6.92 Å². The summed E-state index contributed by atoms with van der Waals surface area (Å²) < 4.78 is 32.1. The third-order valence-electron chi connectivity index (χ3n) is 2.40. The van der Waals surface area contributed by atoms with E-state index in [4.69, 9.17) is 14.6 Å². The SMILES string of the molecule is COc1ccc([N+](=O)[O-])c(OCC(C)CS(N)(=O)=O)c1. The number of methoxy groups -OCH3 is 1. The summed E-state index contributed by atoms with van der Waals surface area (Å²) in [6.07, 6.45) is 0. The number of rotatable bonds is 7. The average Bonchev–Trinajstić information content (AvgIpc) is 2.33. The maximum absolute atomic E-state index is 10.9. The van der Waals surface area contributed by atoms with Gasteiger partial charge in [0.1, 0.15) is 5.75 Å². The minimum atomic E-state index is -3.61. The zero-order valence-electron chi connectivity index (χ0n) is 11.1. The summed E-state index contributed by atoms with van der Waals surface area (Å²) in [7, 11) is -2.18. The molecule has 0 aliphatic carbocycles. The van der Waals surface area contributed by atoms with E-state index in [1.54, 1.807) is 6.92 Å². The Kier molecular flexibility index (Phi) is 5.28. The summed E-state index contributed by atoms with van der Waals surface area (Å²) in [5.41, 5.74) is -0.214. The Hall–Kier alpha value is -1.87. The van der Waals surface area contributed by atoms with Gasteiger partial charge in [0.2, 0.25) is 15.8 Å². The van der Waals surface area contributed by atoms with Gasteiger partial charge in [0.05, 0.1) is 24.4 Å². The van der Waals surface area contributed by atoms with Crippen molar-refractivity contribution in [2.24, 2.45) is 11.1 Å². The molecule has 0 spiro atoms. The lowest BCUT2D eigenvalue weighted by Gasteiger charge is -2.12. The van der Waals surface area contributed by atoms with E-state index in [2.05, 4.69) is 0 Å². The van der Waals surface area contributed by atoms with Crippen LogP contribution in [0.2, 0.25) is 0 Å². The molecule has 20 heavy (non-hydrogen) atoms. The van der Waals surface area contributed by atoms with Crippen LogP contribution in [0.3, 0.4) is 0 Å². The number of nitro benzene ring substituents is 1. The molecule has 0 fully saturated rings. The Bertz CT molecular complexity index is 587. The molecule has 0 saturated carbocycles. The molecule has 112 valence electrons. The topological polar surface area (TPSA) is 122 Å². The molecule has 1 rings (SSSR count). The highest BCUT2D eigenvalue weighted by Gasteiger charge is 2.18. The zero-order chi connectivity index (χ0) is 15.3. The number of ether oxygens (including phenoxy) is 2. The van der Waals surface area contributed by atoms with Crippen LogP contribution < -0.4 is 14.6 Å². The lowest BCUT2D eigenvalue weighted by molar-refractivity contribution is -0.385. The number of hydrogen-bond acceptors (Lipinski definition) is 6. The third-order valence-corrected chi connectivity index (χ3v) is 3.44. The van der Waals surface area contributed by atoms with Crippen molar-refractivity contribution >= 4 is 15.7 Å². The molecule has 1 aromatic carbocycles. The van der Waals surface area contributed by atoms with E-state index >= 15 is 0 Å². The van der Waals surface area contributed by atoms with Crippen molar-refractivity contribution in [3.8, 4) is 11.5 Å². The number of hydrogen-bond donors (Lipinski definition) is 1. The van der Waals surface area contributed by atoms with E-state index < -0.39 is 20.9 Å². The highest BCUT2D eigenvalue weighted by Crippen LogP contribution is 2.31. The Morgan fingerprint density at radius 1 is 1.45 bits per heavy atom. The Balaban J connectivity index is 2.82. The van der Waals surface area contributed by atoms with E-state index in [0.717, 1.165) is 0 Å². The summed E-state index contributed by atoms with van der Waals surface area (Å²) in [5, 5.41) is 15.8. The molecule has 0 aromatic heterocycles. The second kappa shape index (κ2) is 6.53. The molecule has 2 N–H and O–H groups in total. The van der Waals surface area contributed by atoms with Crippen LogP contribution in [0.15, 0.2) is 18.2 Å². The second-order valence-electron chi connectivity index (χ2n) is 4.34. The summed E-state index contributed by atoms with van der Waals surface area (Å²) in [6, 6.07) is 4.08. The summed E-state index contributed by atoms with van der Waals surface area (Å²) >= 11 is 0. The van der Waals surface area contributed by atoms with E-state index in [0.29, 0.717) is 5.75 Å². The molecule has 0 aliphatic rings. The lowest BCUT2D eigenvalue weighted by Crippen LogP contribution is -2.25. The molecule has 0 heterocycles. The van der Waals surface area contributed by atoms with Gasteiger partial charge in [-0.15, -0.1) is 0 Å². The van der Waals surface area contributed by atoms with Gasteiger partial charge in [0.15, 0.2) is 0 Å². The van der Waals surface area contributed by atoms with Crippen LogP contribution in [0.1, 0.15) is 6.92 Å². The fraction of sp³-hybridized carbons (Fsp3) is 0.455. The van der Waals surface area contributed by atoms with Crippen molar-refractivity contribution in [3.05, 3.63) is 28.3 Å². The van der Waals surface area contributed by atoms with Crippen LogP contribution >= 0.6 is 0 Å². The molecule has 9 heteroatoms. The molecule has 1 unspecified atom stereocenters. The molecule has 8 nitrogen and oxygen atoms in total. The summed E-state index contributed by atoms with van der Waals surface area (Å²) in [5.74, 6) is -0.221. The fourth-order valence-electron chi connectivity index (χ4n) is 1.56. The van der Waals surface area contributed by atoms with Gasteiger partial charge in [0, 0.05) is 18.1 Å². The first-order valence-corrected chi connectivity index (χ1v) is 7.40. The minimum Gasteiger partial charge on any atom is -0.497 e. The maximum atomic E-state index is 10.9. The van der Waals surface area contributed by atoms with Crippen LogP contribution in [0.5, 0.6) is 11.5 Å². The van der Waals surface area contributed by atoms with E-state index in [1.807, 2.05) is 0 Å². The van der Waals surface area contributed by atoms with Gasteiger partial charge in [-0.1, -0.05) is 6.92 Å². The second-order valence-corrected chi connectivity index (χ2v) is 6.00. The Morgan fingerprint density at radius 2 is 2.10 bits per heavy atom. The Labute approximate surface area is 116 Å². The average molecular weight is 304 g/mol. The van der Waals surface area contributed by atoms with Crippen LogP contribution in [-0.4, -0.2) is 32.8 Å². The largest absolute Gasteiger partial charge is 0.497 e. The minimum absolute atomic E-state index is 0.00949. The molecule has 0 radical (unpaired) electrons. The normalized spacial score (nSPS) is 12.8. The van der Waals surface area contributed by atoms with Crippen LogP contribution in [0.25, 0.3) is 0 Å².